The van der Waals surface area contributed by atoms with Gasteiger partial charge < -0.3 is 9.64 Å². The maximum absolute atomic E-state index is 6.09. The summed E-state index contributed by atoms with van der Waals surface area (Å²) >= 11 is 6.09. The van der Waals surface area contributed by atoms with E-state index in [-0.39, 0.29) is 12.4 Å². The van der Waals surface area contributed by atoms with Gasteiger partial charge in [0.05, 0.1) is 5.52 Å². The molecule has 3 aromatic rings. The highest BCUT2D eigenvalue weighted by Crippen LogP contribution is 2.31. The zero-order valence-corrected chi connectivity index (χ0v) is 16.2. The van der Waals surface area contributed by atoms with E-state index in [1.165, 1.54) is 23.9 Å². The van der Waals surface area contributed by atoms with Gasteiger partial charge in [0.2, 0.25) is 0 Å². The van der Waals surface area contributed by atoms with E-state index in [4.69, 9.17) is 21.3 Å². The largest absolute Gasteiger partial charge is 0.489 e. The van der Waals surface area contributed by atoms with E-state index in [0.29, 0.717) is 11.8 Å². The highest BCUT2D eigenvalue weighted by molar-refractivity contribution is 6.30. The number of rotatable bonds is 4. The number of aryl methyl sites for hydroxylation is 1. The lowest BCUT2D eigenvalue weighted by Gasteiger charge is -2.20. The Morgan fingerprint density at radius 3 is 2.73 bits per heavy atom. The van der Waals surface area contributed by atoms with Gasteiger partial charge in [-0.05, 0) is 44.0 Å². The topological polar surface area (TPSA) is 38.2 Å². The fourth-order valence-corrected chi connectivity index (χ4v) is 3.49. The summed E-state index contributed by atoms with van der Waals surface area (Å²) in [6, 6.07) is 12.1. The van der Waals surface area contributed by atoms with Gasteiger partial charge in [0.25, 0.3) is 0 Å². The van der Waals surface area contributed by atoms with E-state index in [1.807, 2.05) is 31.2 Å². The van der Waals surface area contributed by atoms with Crippen LogP contribution in [0.15, 0.2) is 42.6 Å². The molecule has 1 fully saturated rings. The van der Waals surface area contributed by atoms with E-state index in [1.54, 1.807) is 6.20 Å². The van der Waals surface area contributed by atoms with Gasteiger partial charge in [-0.1, -0.05) is 17.7 Å². The third kappa shape index (κ3) is 3.87. The SMILES string of the molecule is Cc1cc(N2CCCC2)c2ccc(OCc3cccnc3Cl)cc2n1.Cl. The predicted octanol–water partition coefficient (Wildman–Crippen LogP) is 5.19. The monoisotopic (exact) mass is 389 g/mol. The third-order valence-corrected chi connectivity index (χ3v) is 4.91. The summed E-state index contributed by atoms with van der Waals surface area (Å²) in [7, 11) is 0. The van der Waals surface area contributed by atoms with Crippen LogP contribution in [-0.4, -0.2) is 23.1 Å². The van der Waals surface area contributed by atoms with Crippen molar-refractivity contribution in [1.82, 2.24) is 9.97 Å². The number of aromatic nitrogens is 2. The molecule has 1 aliphatic rings. The Kier molecular flexibility index (Phi) is 5.84. The summed E-state index contributed by atoms with van der Waals surface area (Å²) in [5, 5.41) is 1.66. The van der Waals surface area contributed by atoms with Crippen LogP contribution in [0.5, 0.6) is 5.75 Å². The van der Waals surface area contributed by atoms with Gasteiger partial charge in [-0.2, -0.15) is 0 Å². The standard InChI is InChI=1S/C20H20ClN3O.ClH/c1-14-11-19(24-9-2-3-10-24)17-7-6-16(12-18(17)23-14)25-13-15-5-4-8-22-20(15)21;/h4-8,11-12H,2-3,9-10,13H2,1H3;1H. The minimum atomic E-state index is 0. The van der Waals surface area contributed by atoms with Crippen molar-refractivity contribution in [2.75, 3.05) is 18.0 Å². The number of benzene rings is 1. The van der Waals surface area contributed by atoms with Gasteiger partial charge in [0.15, 0.2) is 0 Å². The fraction of sp³-hybridized carbons (Fsp3) is 0.300. The zero-order chi connectivity index (χ0) is 17.2. The van der Waals surface area contributed by atoms with E-state index in [9.17, 15) is 0 Å². The first-order valence-corrected chi connectivity index (χ1v) is 8.97. The molecular weight excluding hydrogens is 369 g/mol. The number of hydrogen-bond acceptors (Lipinski definition) is 4. The lowest BCUT2D eigenvalue weighted by atomic mass is 10.1. The molecule has 0 bridgehead atoms. The smallest absolute Gasteiger partial charge is 0.135 e. The number of anilines is 1. The second-order valence-electron chi connectivity index (χ2n) is 6.40. The summed E-state index contributed by atoms with van der Waals surface area (Å²) < 4.78 is 5.91. The van der Waals surface area contributed by atoms with Gasteiger partial charge in [-0.25, -0.2) is 4.98 Å². The molecule has 3 heterocycles. The molecule has 136 valence electrons. The van der Waals surface area contributed by atoms with Crippen LogP contribution in [0.1, 0.15) is 24.1 Å². The van der Waals surface area contributed by atoms with Gasteiger partial charge in [-0.15, -0.1) is 12.4 Å². The molecule has 0 amide bonds. The zero-order valence-electron chi connectivity index (χ0n) is 14.6. The van der Waals surface area contributed by atoms with Crippen LogP contribution in [0.4, 0.5) is 5.69 Å². The fourth-order valence-electron chi connectivity index (χ4n) is 3.32. The molecule has 4 rings (SSSR count). The average molecular weight is 390 g/mol. The molecule has 1 saturated heterocycles. The Labute approximate surface area is 164 Å². The summed E-state index contributed by atoms with van der Waals surface area (Å²) in [6.07, 6.45) is 4.19. The molecule has 26 heavy (non-hydrogen) atoms. The molecular formula is C20H21Cl2N3O. The first-order valence-electron chi connectivity index (χ1n) is 8.59. The van der Waals surface area contributed by atoms with E-state index < -0.39 is 0 Å². The highest BCUT2D eigenvalue weighted by Gasteiger charge is 2.16. The minimum Gasteiger partial charge on any atom is -0.489 e. The maximum atomic E-state index is 6.09. The van der Waals surface area contributed by atoms with Crippen LogP contribution in [0.25, 0.3) is 10.9 Å². The minimum absolute atomic E-state index is 0. The van der Waals surface area contributed by atoms with Crippen LogP contribution >= 0.6 is 24.0 Å². The van der Waals surface area contributed by atoms with E-state index >= 15 is 0 Å². The molecule has 0 saturated carbocycles. The second kappa shape index (κ2) is 8.11. The highest BCUT2D eigenvalue weighted by atomic mass is 35.5. The lowest BCUT2D eigenvalue weighted by molar-refractivity contribution is 0.306. The van der Waals surface area contributed by atoms with Crippen LogP contribution in [-0.2, 0) is 6.61 Å². The molecule has 1 aliphatic heterocycles. The van der Waals surface area contributed by atoms with Crippen molar-refractivity contribution in [3.8, 4) is 5.75 Å². The number of halogens is 2. The Bertz CT molecular complexity index is 911. The van der Waals surface area contributed by atoms with E-state index in [2.05, 4.69) is 22.0 Å². The van der Waals surface area contributed by atoms with E-state index in [0.717, 1.165) is 35.6 Å². The predicted molar refractivity (Wildman–Crippen MR) is 109 cm³/mol. The van der Waals surface area contributed by atoms with Crippen molar-refractivity contribution in [2.24, 2.45) is 0 Å². The summed E-state index contributed by atoms with van der Waals surface area (Å²) in [6.45, 7) is 4.68. The van der Waals surface area contributed by atoms with Crippen LogP contribution in [0.2, 0.25) is 5.15 Å². The normalized spacial score (nSPS) is 13.7. The molecule has 0 radical (unpaired) electrons. The molecule has 0 aliphatic carbocycles. The lowest BCUT2D eigenvalue weighted by Crippen LogP contribution is -2.18. The van der Waals surface area contributed by atoms with Crippen molar-refractivity contribution in [2.45, 2.75) is 26.4 Å². The van der Waals surface area contributed by atoms with Crippen molar-refractivity contribution < 1.29 is 4.74 Å². The van der Waals surface area contributed by atoms with Crippen LogP contribution < -0.4 is 9.64 Å². The second-order valence-corrected chi connectivity index (χ2v) is 6.76. The third-order valence-electron chi connectivity index (χ3n) is 4.56. The summed E-state index contributed by atoms with van der Waals surface area (Å²) in [5.74, 6) is 0.790. The Hall–Kier alpha value is -2.04. The molecule has 0 N–H and O–H groups in total. The Morgan fingerprint density at radius 2 is 1.96 bits per heavy atom. The van der Waals surface area contributed by atoms with Gasteiger partial charge in [0.1, 0.15) is 17.5 Å². The summed E-state index contributed by atoms with van der Waals surface area (Å²) in [4.78, 5) is 11.2. The number of hydrogen-bond donors (Lipinski definition) is 0. The number of fused-ring (bicyclic) bond motifs is 1. The molecule has 0 atom stereocenters. The molecule has 4 nitrogen and oxygen atoms in total. The van der Waals surface area contributed by atoms with Crippen LogP contribution in [0, 0.1) is 6.92 Å². The Morgan fingerprint density at radius 1 is 1.15 bits per heavy atom. The number of pyridine rings is 2. The van der Waals surface area contributed by atoms with Crippen molar-refractivity contribution in [3.05, 3.63) is 59.0 Å². The van der Waals surface area contributed by atoms with Gasteiger partial charge >= 0.3 is 0 Å². The molecule has 6 heteroatoms. The molecule has 1 aromatic carbocycles. The molecule has 2 aromatic heterocycles. The number of ether oxygens (including phenoxy) is 1. The van der Waals surface area contributed by atoms with Gasteiger partial charge in [0, 0.05) is 47.7 Å². The van der Waals surface area contributed by atoms with Gasteiger partial charge in [-0.3, -0.25) is 4.98 Å². The quantitative estimate of drug-likeness (QED) is 0.575. The van der Waals surface area contributed by atoms with Crippen LogP contribution in [0.3, 0.4) is 0 Å². The van der Waals surface area contributed by atoms with Crippen molar-refractivity contribution in [1.29, 1.82) is 0 Å². The van der Waals surface area contributed by atoms with Crippen molar-refractivity contribution >= 4 is 40.6 Å². The number of nitrogens with zero attached hydrogens (tertiary/aromatic N) is 3. The first-order chi connectivity index (χ1) is 12.2. The Balaban J connectivity index is 0.00000196. The summed E-state index contributed by atoms with van der Waals surface area (Å²) in [5.41, 5.74) is 4.15. The molecule has 0 spiro atoms. The molecule has 0 unspecified atom stereocenters. The van der Waals surface area contributed by atoms with Crippen molar-refractivity contribution in [3.63, 3.8) is 0 Å². The maximum Gasteiger partial charge on any atom is 0.135 e. The average Bonchev–Trinajstić information content (AvgIpc) is 3.14. The first kappa shape index (κ1) is 18.7.